The summed E-state index contributed by atoms with van der Waals surface area (Å²) in [6.07, 6.45) is 21.1. The van der Waals surface area contributed by atoms with Gasteiger partial charge in [0, 0.05) is 10.4 Å². The van der Waals surface area contributed by atoms with Crippen LogP contribution in [0.5, 0.6) is 0 Å². The first-order valence-corrected chi connectivity index (χ1v) is 12.8. The Morgan fingerprint density at radius 2 is 1.90 bits per heavy atom. The van der Waals surface area contributed by atoms with Crippen molar-refractivity contribution < 1.29 is 5.11 Å². The van der Waals surface area contributed by atoms with E-state index in [0.717, 1.165) is 47.7 Å². The van der Waals surface area contributed by atoms with Gasteiger partial charge in [-0.3, -0.25) is 5.32 Å². The molecule has 0 radical (unpaired) electrons. The molecule has 1 atom stereocenters. The molecule has 0 saturated heterocycles. The first-order valence-electron chi connectivity index (χ1n) is 12.0. The Balaban J connectivity index is 1.35. The first-order chi connectivity index (χ1) is 14.1. The normalized spacial score (nSPS) is 33.9. The molecule has 3 nitrogen and oxygen atoms in total. The fourth-order valence-electron chi connectivity index (χ4n) is 6.88. The molecule has 4 bridgehead atoms. The van der Waals surface area contributed by atoms with Gasteiger partial charge in [0.2, 0.25) is 0 Å². The first kappa shape index (κ1) is 20.0. The number of unbranched alkanes of at least 4 members (excludes halogenated alkanes) is 2. The van der Waals surface area contributed by atoms with Crippen LogP contribution in [0.1, 0.15) is 99.4 Å². The summed E-state index contributed by atoms with van der Waals surface area (Å²) < 4.78 is 0. The van der Waals surface area contributed by atoms with Crippen LogP contribution < -0.4 is 5.32 Å². The Labute approximate surface area is 179 Å². The summed E-state index contributed by atoms with van der Waals surface area (Å²) in [4.78, 5) is 6.39. The Morgan fingerprint density at radius 1 is 1.17 bits per heavy atom. The highest BCUT2D eigenvalue weighted by atomic mass is 32.1. The highest BCUT2D eigenvalue weighted by Gasteiger charge is 2.51. The number of hydrogen-bond donors (Lipinski definition) is 2. The lowest BCUT2D eigenvalue weighted by atomic mass is 9.53. The minimum absolute atomic E-state index is 0.162. The number of allylic oxidation sites excluding steroid dienone is 4. The van der Waals surface area contributed by atoms with E-state index in [1.54, 1.807) is 11.3 Å². The molecule has 1 aromatic rings. The van der Waals surface area contributed by atoms with Crippen LogP contribution in [0.4, 0.5) is 0 Å². The highest BCUT2D eigenvalue weighted by molar-refractivity contribution is 7.11. The van der Waals surface area contributed by atoms with E-state index >= 15 is 0 Å². The lowest BCUT2D eigenvalue weighted by Crippen LogP contribution is -2.59. The van der Waals surface area contributed by atoms with Gasteiger partial charge < -0.3 is 5.11 Å². The van der Waals surface area contributed by atoms with Gasteiger partial charge in [0.15, 0.2) is 6.23 Å². The van der Waals surface area contributed by atoms with Gasteiger partial charge >= 0.3 is 0 Å². The molecule has 0 spiro atoms. The lowest BCUT2D eigenvalue weighted by Gasteiger charge is -2.57. The standard InChI is InChI=1S/C25H36N2OS/c1-2-3-5-10-21-22(20-8-6-4-7-9-20)26-24(29-21)23(28)27-25-14-17-11-18(15-25)13-19(12-17)16-25/h4,6,8,17-19,23,27-28H,2-3,5,7,9-16H2,1H3. The molecule has 158 valence electrons. The molecule has 5 aliphatic carbocycles. The Bertz CT molecular complexity index is 757. The second kappa shape index (κ2) is 8.28. The van der Waals surface area contributed by atoms with E-state index < -0.39 is 6.23 Å². The van der Waals surface area contributed by atoms with E-state index in [9.17, 15) is 5.11 Å². The third kappa shape index (κ3) is 4.13. The fraction of sp³-hybridized carbons (Fsp3) is 0.720. The molecule has 4 saturated carbocycles. The zero-order valence-corrected chi connectivity index (χ0v) is 18.6. The highest BCUT2D eigenvalue weighted by Crippen LogP contribution is 2.56. The third-order valence-corrected chi connectivity index (χ3v) is 8.92. The van der Waals surface area contributed by atoms with Crippen LogP contribution in [-0.2, 0) is 6.42 Å². The van der Waals surface area contributed by atoms with Gasteiger partial charge in [-0.15, -0.1) is 11.3 Å². The number of aromatic nitrogens is 1. The molecular weight excluding hydrogens is 376 g/mol. The van der Waals surface area contributed by atoms with Crippen LogP contribution in [0.15, 0.2) is 18.2 Å². The molecule has 0 aromatic carbocycles. The summed E-state index contributed by atoms with van der Waals surface area (Å²) in [6.45, 7) is 2.26. The summed E-state index contributed by atoms with van der Waals surface area (Å²) in [5.41, 5.74) is 2.68. The van der Waals surface area contributed by atoms with Crippen molar-refractivity contribution >= 4 is 16.9 Å². The average molecular weight is 413 g/mol. The van der Waals surface area contributed by atoms with Gasteiger partial charge in [0.1, 0.15) is 5.01 Å². The molecule has 0 aliphatic heterocycles. The van der Waals surface area contributed by atoms with E-state index in [1.165, 1.54) is 68.2 Å². The number of nitrogens with one attached hydrogen (secondary N) is 1. The molecule has 5 aliphatic rings. The van der Waals surface area contributed by atoms with Crippen LogP contribution in [0.25, 0.3) is 5.57 Å². The maximum absolute atomic E-state index is 11.2. The largest absolute Gasteiger partial charge is 0.372 e. The predicted octanol–water partition coefficient (Wildman–Crippen LogP) is 6.16. The average Bonchev–Trinajstić information content (AvgIpc) is 3.12. The van der Waals surface area contributed by atoms with E-state index in [4.69, 9.17) is 4.98 Å². The van der Waals surface area contributed by atoms with Crippen LogP contribution >= 0.6 is 11.3 Å². The van der Waals surface area contributed by atoms with Crippen LogP contribution in [0.3, 0.4) is 0 Å². The maximum atomic E-state index is 11.2. The molecule has 1 heterocycles. The molecule has 4 fully saturated rings. The molecule has 2 N–H and O–H groups in total. The van der Waals surface area contributed by atoms with Gasteiger partial charge in [-0.25, -0.2) is 4.98 Å². The smallest absolute Gasteiger partial charge is 0.158 e. The minimum atomic E-state index is -0.616. The number of hydrogen-bond acceptors (Lipinski definition) is 4. The lowest BCUT2D eigenvalue weighted by molar-refractivity contribution is -0.0487. The van der Waals surface area contributed by atoms with Crippen molar-refractivity contribution in [2.24, 2.45) is 17.8 Å². The number of thiazole rings is 1. The maximum Gasteiger partial charge on any atom is 0.158 e. The molecule has 1 unspecified atom stereocenters. The summed E-state index contributed by atoms with van der Waals surface area (Å²) in [6, 6.07) is 0. The second-order valence-electron chi connectivity index (χ2n) is 10.2. The van der Waals surface area contributed by atoms with Gasteiger partial charge in [0.05, 0.1) is 5.69 Å². The monoisotopic (exact) mass is 412 g/mol. The number of nitrogens with zero attached hydrogens (tertiary/aromatic N) is 1. The molecule has 4 heteroatoms. The number of aliphatic hydroxyl groups is 1. The van der Waals surface area contributed by atoms with Crippen LogP contribution in [-0.4, -0.2) is 15.6 Å². The van der Waals surface area contributed by atoms with E-state index in [0.29, 0.717) is 0 Å². The minimum Gasteiger partial charge on any atom is -0.372 e. The van der Waals surface area contributed by atoms with E-state index in [2.05, 4.69) is 30.5 Å². The zero-order chi connectivity index (χ0) is 19.8. The second-order valence-corrected chi connectivity index (χ2v) is 11.3. The quantitative estimate of drug-likeness (QED) is 0.397. The summed E-state index contributed by atoms with van der Waals surface area (Å²) in [5.74, 6) is 2.66. The number of aliphatic hydroxyl groups excluding tert-OH is 1. The summed E-state index contributed by atoms with van der Waals surface area (Å²) >= 11 is 1.75. The van der Waals surface area contributed by atoms with Crippen molar-refractivity contribution in [1.29, 1.82) is 0 Å². The summed E-state index contributed by atoms with van der Waals surface area (Å²) in [7, 11) is 0. The predicted molar refractivity (Wildman–Crippen MR) is 121 cm³/mol. The molecular formula is C25H36N2OS. The molecule has 6 rings (SSSR count). The molecule has 29 heavy (non-hydrogen) atoms. The van der Waals surface area contributed by atoms with Gasteiger partial charge in [-0.05, 0) is 87.5 Å². The van der Waals surface area contributed by atoms with Crippen LogP contribution in [0, 0.1) is 17.8 Å². The number of aryl methyl sites for hydroxylation is 1. The zero-order valence-electron chi connectivity index (χ0n) is 17.8. The van der Waals surface area contributed by atoms with E-state index in [1.807, 2.05) is 0 Å². The molecule has 1 aromatic heterocycles. The van der Waals surface area contributed by atoms with Crippen molar-refractivity contribution in [2.45, 2.75) is 95.7 Å². The Hall–Kier alpha value is -0.970. The third-order valence-electron chi connectivity index (χ3n) is 7.75. The van der Waals surface area contributed by atoms with Crippen molar-refractivity contribution in [3.05, 3.63) is 33.8 Å². The van der Waals surface area contributed by atoms with Crippen molar-refractivity contribution in [3.63, 3.8) is 0 Å². The fourth-order valence-corrected chi connectivity index (χ4v) is 7.96. The molecule has 0 amide bonds. The van der Waals surface area contributed by atoms with Crippen LogP contribution in [0.2, 0.25) is 0 Å². The van der Waals surface area contributed by atoms with Crippen molar-refractivity contribution in [1.82, 2.24) is 10.3 Å². The Morgan fingerprint density at radius 3 is 2.52 bits per heavy atom. The topological polar surface area (TPSA) is 45.1 Å². The van der Waals surface area contributed by atoms with Gasteiger partial charge in [-0.2, -0.15) is 0 Å². The Kier molecular flexibility index (Phi) is 5.70. The van der Waals surface area contributed by atoms with Crippen molar-refractivity contribution in [2.75, 3.05) is 0 Å². The van der Waals surface area contributed by atoms with Crippen molar-refractivity contribution in [3.8, 4) is 0 Å². The number of rotatable bonds is 8. The summed E-state index contributed by atoms with van der Waals surface area (Å²) in [5, 5.41) is 15.8. The van der Waals surface area contributed by atoms with E-state index in [-0.39, 0.29) is 5.54 Å². The van der Waals surface area contributed by atoms with Gasteiger partial charge in [0.25, 0.3) is 0 Å². The SMILES string of the molecule is CCCCCc1sc(C(O)NC23CC4CC(CC(C4)C2)C3)nc1C1=CC=CCC1. The van der Waals surface area contributed by atoms with Gasteiger partial charge in [-0.1, -0.05) is 38.0 Å².